The molecule has 2 aromatic carbocycles. The average Bonchev–Trinajstić information content (AvgIpc) is 3.21. The summed E-state index contributed by atoms with van der Waals surface area (Å²) in [5, 5.41) is 3.92. The van der Waals surface area contributed by atoms with Crippen LogP contribution < -0.4 is 0 Å². The Bertz CT molecular complexity index is 1100. The van der Waals surface area contributed by atoms with E-state index < -0.39 is 10.0 Å². The summed E-state index contributed by atoms with van der Waals surface area (Å²) < 4.78 is 33.9. The minimum Gasteiger partial charge on any atom is -0.356 e. The van der Waals surface area contributed by atoms with Crippen molar-refractivity contribution in [3.63, 3.8) is 0 Å². The summed E-state index contributed by atoms with van der Waals surface area (Å²) >= 11 is 0. The third kappa shape index (κ3) is 4.33. The molecule has 1 aromatic heterocycles. The summed E-state index contributed by atoms with van der Waals surface area (Å²) in [5.74, 6) is 0.583. The zero-order valence-corrected chi connectivity index (χ0v) is 18.2. The zero-order valence-electron chi connectivity index (χ0n) is 17.4. The van der Waals surface area contributed by atoms with Crippen LogP contribution in [-0.2, 0) is 23.0 Å². The molecule has 3 aromatic rings. The van der Waals surface area contributed by atoms with Gasteiger partial charge in [0, 0.05) is 44.4 Å². The van der Waals surface area contributed by atoms with E-state index in [0.717, 1.165) is 36.5 Å². The first-order chi connectivity index (χ1) is 14.5. The van der Waals surface area contributed by atoms with Gasteiger partial charge >= 0.3 is 0 Å². The predicted octanol–water partition coefficient (Wildman–Crippen LogP) is 3.72. The maximum atomic E-state index is 13.5. The fourth-order valence-corrected chi connectivity index (χ4v) is 5.59. The Labute approximate surface area is 178 Å². The minimum absolute atomic E-state index is 0.369. The van der Waals surface area contributed by atoms with Gasteiger partial charge in [0.25, 0.3) is 0 Å². The minimum atomic E-state index is -3.58. The molecule has 0 spiro atoms. The molecule has 0 N–H and O–H groups in total. The van der Waals surface area contributed by atoms with Crippen molar-refractivity contribution in [2.45, 2.75) is 31.7 Å². The van der Waals surface area contributed by atoms with Crippen molar-refractivity contribution in [1.29, 1.82) is 0 Å². The van der Waals surface area contributed by atoms with Crippen LogP contribution in [0, 0.1) is 6.92 Å². The van der Waals surface area contributed by atoms with E-state index in [1.54, 1.807) is 10.4 Å². The normalized spacial score (nSPS) is 16.1. The van der Waals surface area contributed by atoms with Crippen molar-refractivity contribution in [2.75, 3.05) is 26.2 Å². The second-order valence-corrected chi connectivity index (χ2v) is 9.58. The second kappa shape index (κ2) is 8.71. The highest BCUT2D eigenvalue weighted by molar-refractivity contribution is 7.89. The van der Waals surface area contributed by atoms with Crippen molar-refractivity contribution in [2.24, 2.45) is 0 Å². The molecule has 0 aliphatic carbocycles. The quantitative estimate of drug-likeness (QED) is 0.602. The lowest BCUT2D eigenvalue weighted by Gasteiger charge is -2.34. The molecule has 0 amide bonds. The van der Waals surface area contributed by atoms with Gasteiger partial charge in [0.05, 0.1) is 10.6 Å². The Morgan fingerprint density at radius 3 is 2.37 bits per heavy atom. The van der Waals surface area contributed by atoms with Crippen LogP contribution in [0.5, 0.6) is 0 Å². The van der Waals surface area contributed by atoms with Gasteiger partial charge in [0.15, 0.2) is 5.76 Å². The van der Waals surface area contributed by atoms with Gasteiger partial charge in [0.1, 0.15) is 0 Å². The number of nitrogens with zero attached hydrogens (tertiary/aromatic N) is 3. The maximum Gasteiger partial charge on any atom is 0.243 e. The SMILES string of the molecule is CCc1ccc(-c2cc(C)no2)cc1S(=O)(=O)N1CCN(Cc2ccccc2)CC1. The third-order valence-corrected chi connectivity index (χ3v) is 7.54. The van der Waals surface area contributed by atoms with Gasteiger partial charge in [-0.15, -0.1) is 0 Å². The fraction of sp³-hybridized carbons (Fsp3) is 0.348. The third-order valence-electron chi connectivity index (χ3n) is 5.56. The molecule has 0 unspecified atom stereocenters. The van der Waals surface area contributed by atoms with E-state index in [2.05, 4.69) is 22.2 Å². The van der Waals surface area contributed by atoms with E-state index in [1.165, 1.54) is 5.56 Å². The summed E-state index contributed by atoms with van der Waals surface area (Å²) in [6, 6.07) is 17.6. The van der Waals surface area contributed by atoms with Crippen molar-refractivity contribution in [3.05, 3.63) is 71.4 Å². The molecule has 158 valence electrons. The molecule has 0 bridgehead atoms. The summed E-state index contributed by atoms with van der Waals surface area (Å²) in [6.45, 7) is 7.08. The van der Waals surface area contributed by atoms with Crippen LogP contribution >= 0.6 is 0 Å². The molecule has 1 aliphatic rings. The lowest BCUT2D eigenvalue weighted by molar-refractivity contribution is 0.181. The summed E-state index contributed by atoms with van der Waals surface area (Å²) in [6.07, 6.45) is 0.651. The number of piperazine rings is 1. The number of hydrogen-bond acceptors (Lipinski definition) is 5. The van der Waals surface area contributed by atoms with Crippen LogP contribution in [0.15, 0.2) is 64.0 Å². The van der Waals surface area contributed by atoms with E-state index in [9.17, 15) is 8.42 Å². The Balaban J connectivity index is 1.53. The number of hydrogen-bond donors (Lipinski definition) is 0. The highest BCUT2D eigenvalue weighted by atomic mass is 32.2. The fourth-order valence-electron chi connectivity index (χ4n) is 3.85. The summed E-state index contributed by atoms with van der Waals surface area (Å²) in [4.78, 5) is 2.67. The van der Waals surface area contributed by atoms with Crippen molar-refractivity contribution < 1.29 is 12.9 Å². The van der Waals surface area contributed by atoms with Crippen LogP contribution in [0.2, 0.25) is 0 Å². The molecule has 1 saturated heterocycles. The molecule has 0 saturated carbocycles. The number of aryl methyl sites for hydroxylation is 2. The van der Waals surface area contributed by atoms with Gasteiger partial charge in [-0.25, -0.2) is 8.42 Å². The lowest BCUT2D eigenvalue weighted by Crippen LogP contribution is -2.48. The Kier molecular flexibility index (Phi) is 6.04. The van der Waals surface area contributed by atoms with Gasteiger partial charge < -0.3 is 4.52 Å². The topological polar surface area (TPSA) is 66.7 Å². The lowest BCUT2D eigenvalue weighted by atomic mass is 10.1. The van der Waals surface area contributed by atoms with E-state index in [1.807, 2.05) is 50.2 Å². The van der Waals surface area contributed by atoms with E-state index >= 15 is 0 Å². The van der Waals surface area contributed by atoms with Crippen LogP contribution in [0.1, 0.15) is 23.7 Å². The highest BCUT2D eigenvalue weighted by Crippen LogP contribution is 2.29. The average molecular weight is 426 g/mol. The van der Waals surface area contributed by atoms with Crippen LogP contribution in [0.4, 0.5) is 0 Å². The Hall–Kier alpha value is -2.48. The number of benzene rings is 2. The van der Waals surface area contributed by atoms with Crippen LogP contribution in [0.3, 0.4) is 0 Å². The standard InChI is InChI=1S/C23H27N3O3S/c1-3-20-9-10-21(22-15-18(2)24-29-22)16-23(20)30(27,28)26-13-11-25(12-14-26)17-19-7-5-4-6-8-19/h4-10,15-16H,3,11-14,17H2,1-2H3. The molecular weight excluding hydrogens is 398 g/mol. The number of sulfonamides is 1. The Morgan fingerprint density at radius 2 is 1.73 bits per heavy atom. The predicted molar refractivity (Wildman–Crippen MR) is 117 cm³/mol. The molecule has 0 radical (unpaired) electrons. The molecule has 1 fully saturated rings. The second-order valence-electron chi connectivity index (χ2n) is 7.67. The van der Waals surface area contributed by atoms with Crippen LogP contribution in [0.25, 0.3) is 11.3 Å². The van der Waals surface area contributed by atoms with E-state index in [4.69, 9.17) is 4.52 Å². The molecule has 1 aliphatic heterocycles. The number of rotatable bonds is 6. The smallest absolute Gasteiger partial charge is 0.243 e. The molecule has 0 atom stereocenters. The first-order valence-electron chi connectivity index (χ1n) is 10.3. The molecule has 7 heteroatoms. The van der Waals surface area contributed by atoms with Gasteiger partial charge in [-0.1, -0.05) is 54.5 Å². The maximum absolute atomic E-state index is 13.5. The molecule has 30 heavy (non-hydrogen) atoms. The van der Waals surface area contributed by atoms with E-state index in [-0.39, 0.29) is 0 Å². The molecule has 2 heterocycles. The van der Waals surface area contributed by atoms with Crippen molar-refractivity contribution in [1.82, 2.24) is 14.4 Å². The summed E-state index contributed by atoms with van der Waals surface area (Å²) in [5.41, 5.74) is 3.57. The van der Waals surface area contributed by atoms with Gasteiger partial charge in [-0.3, -0.25) is 4.90 Å². The molecular formula is C23H27N3O3S. The van der Waals surface area contributed by atoms with Crippen molar-refractivity contribution in [3.8, 4) is 11.3 Å². The Morgan fingerprint density at radius 1 is 1.00 bits per heavy atom. The van der Waals surface area contributed by atoms with Gasteiger partial charge in [-0.05, 0) is 30.5 Å². The van der Waals surface area contributed by atoms with Gasteiger partial charge in [0.2, 0.25) is 10.0 Å². The first kappa shape index (κ1) is 20.8. The van der Waals surface area contributed by atoms with Crippen molar-refractivity contribution >= 4 is 10.0 Å². The zero-order chi connectivity index (χ0) is 21.1. The van der Waals surface area contributed by atoms with E-state index in [0.29, 0.717) is 30.2 Å². The van der Waals surface area contributed by atoms with Crippen LogP contribution in [-0.4, -0.2) is 49.0 Å². The monoisotopic (exact) mass is 425 g/mol. The highest BCUT2D eigenvalue weighted by Gasteiger charge is 2.30. The van der Waals surface area contributed by atoms with Gasteiger partial charge in [-0.2, -0.15) is 4.31 Å². The first-order valence-corrected chi connectivity index (χ1v) is 11.7. The molecule has 4 rings (SSSR count). The molecule has 6 nitrogen and oxygen atoms in total. The summed E-state index contributed by atoms with van der Waals surface area (Å²) in [7, 11) is -3.58. The largest absolute Gasteiger partial charge is 0.356 e. The number of aromatic nitrogens is 1.